The van der Waals surface area contributed by atoms with Crippen LogP contribution in [0.4, 0.5) is 0 Å². The number of aromatic nitrogens is 1. The van der Waals surface area contributed by atoms with Gasteiger partial charge >= 0.3 is 5.97 Å². The Morgan fingerprint density at radius 3 is 2.88 bits per heavy atom. The number of nitrogens with zero attached hydrogens (tertiary/aromatic N) is 1. The van der Waals surface area contributed by atoms with Gasteiger partial charge in [-0.2, -0.15) is 0 Å². The molecule has 1 aromatic heterocycles. The minimum absolute atomic E-state index is 0.0318. The fraction of sp³-hybridized carbons (Fsp3) is 0.444. The smallest absolute Gasteiger partial charge is 0.325 e. The third-order valence-electron chi connectivity index (χ3n) is 1.74. The molecular weight excluding hydrogens is 252 g/mol. The van der Waals surface area contributed by atoms with Gasteiger partial charge in [0.05, 0.1) is 18.3 Å². The van der Waals surface area contributed by atoms with Gasteiger partial charge in [-0.25, -0.2) is 4.98 Å². The number of methoxy groups -OCH3 is 1. The highest BCUT2D eigenvalue weighted by molar-refractivity contribution is 7.13. The summed E-state index contributed by atoms with van der Waals surface area (Å²) in [5, 5.41) is 2.46. The Bertz CT molecular complexity index is 394. The van der Waals surface area contributed by atoms with E-state index >= 15 is 0 Å². The number of esters is 1. The number of aryl methyl sites for hydroxylation is 1. The van der Waals surface area contributed by atoms with Crippen LogP contribution in [-0.2, 0) is 9.53 Å². The summed E-state index contributed by atoms with van der Waals surface area (Å²) < 4.78 is 4.42. The third-order valence-corrected chi connectivity index (χ3v) is 2.99. The molecule has 0 aliphatic carbocycles. The van der Waals surface area contributed by atoms with Crippen LogP contribution in [0.5, 0.6) is 0 Å². The number of nitrogens with one attached hydrogen (secondary N) is 1. The second-order valence-corrected chi connectivity index (χ2v) is 4.71. The van der Waals surface area contributed by atoms with Gasteiger partial charge in [0.1, 0.15) is 10.3 Å². The average molecular weight is 263 g/mol. The summed E-state index contributed by atoms with van der Waals surface area (Å²) >= 11 is 6.95. The molecule has 0 saturated carbocycles. The van der Waals surface area contributed by atoms with E-state index < -0.39 is 11.3 Å². The molecule has 16 heavy (non-hydrogen) atoms. The van der Waals surface area contributed by atoms with E-state index in [-0.39, 0.29) is 12.5 Å². The van der Waals surface area contributed by atoms with Crippen molar-refractivity contribution in [2.45, 2.75) is 12.3 Å². The molecule has 1 aromatic rings. The Labute approximate surface area is 102 Å². The third kappa shape index (κ3) is 3.46. The Balaban J connectivity index is 2.44. The number of amides is 1. The second kappa shape index (κ2) is 5.81. The molecule has 0 bridgehead atoms. The van der Waals surface area contributed by atoms with Crippen LogP contribution >= 0.6 is 22.9 Å². The van der Waals surface area contributed by atoms with Crippen molar-refractivity contribution in [2.24, 2.45) is 0 Å². The van der Waals surface area contributed by atoms with E-state index in [2.05, 4.69) is 15.0 Å². The quantitative estimate of drug-likeness (QED) is 0.648. The van der Waals surface area contributed by atoms with Crippen LogP contribution in [0.3, 0.4) is 0 Å². The molecule has 1 heterocycles. The van der Waals surface area contributed by atoms with Crippen molar-refractivity contribution in [2.75, 3.05) is 13.7 Å². The number of thiazole rings is 1. The van der Waals surface area contributed by atoms with Gasteiger partial charge < -0.3 is 10.1 Å². The molecule has 0 aliphatic rings. The molecular formula is C9H11ClN2O3S. The van der Waals surface area contributed by atoms with Crippen molar-refractivity contribution < 1.29 is 14.3 Å². The maximum absolute atomic E-state index is 11.5. The van der Waals surface area contributed by atoms with Crippen LogP contribution in [0.2, 0.25) is 0 Å². The van der Waals surface area contributed by atoms with Crippen molar-refractivity contribution in [1.29, 1.82) is 0 Å². The first kappa shape index (κ1) is 12.9. The standard InChI is InChI=1S/C9H11ClN2O3S/c1-5-11-4-7(16-5)8(13)12-3-6(10)9(14)15-2/h4,6H,3H2,1-2H3,(H,12,13). The van der Waals surface area contributed by atoms with Crippen molar-refractivity contribution in [1.82, 2.24) is 10.3 Å². The molecule has 1 unspecified atom stereocenters. The monoisotopic (exact) mass is 262 g/mol. The maximum Gasteiger partial charge on any atom is 0.325 e. The molecule has 1 atom stereocenters. The van der Waals surface area contributed by atoms with Crippen LogP contribution in [0.15, 0.2) is 6.20 Å². The highest BCUT2D eigenvalue weighted by atomic mass is 35.5. The van der Waals surface area contributed by atoms with E-state index in [4.69, 9.17) is 11.6 Å². The molecule has 0 spiro atoms. The fourth-order valence-corrected chi connectivity index (χ4v) is 1.81. The van der Waals surface area contributed by atoms with Crippen LogP contribution in [0.25, 0.3) is 0 Å². The van der Waals surface area contributed by atoms with E-state index in [0.717, 1.165) is 5.01 Å². The number of hydrogen-bond acceptors (Lipinski definition) is 5. The van der Waals surface area contributed by atoms with Crippen molar-refractivity contribution in [3.05, 3.63) is 16.1 Å². The topological polar surface area (TPSA) is 68.3 Å². The number of carbonyl (C=O) groups excluding carboxylic acids is 2. The zero-order chi connectivity index (χ0) is 12.1. The normalized spacial score (nSPS) is 11.9. The predicted octanol–water partition coefficient (Wildman–Crippen LogP) is 0.962. The molecule has 7 heteroatoms. The number of rotatable bonds is 4. The highest BCUT2D eigenvalue weighted by Crippen LogP contribution is 2.11. The average Bonchev–Trinajstić information content (AvgIpc) is 2.71. The van der Waals surface area contributed by atoms with Crippen molar-refractivity contribution in [3.63, 3.8) is 0 Å². The Morgan fingerprint density at radius 2 is 2.38 bits per heavy atom. The molecule has 1 rings (SSSR count). The first-order chi connectivity index (χ1) is 7.54. The number of halogens is 1. The summed E-state index contributed by atoms with van der Waals surface area (Å²) in [6, 6.07) is 0. The first-order valence-corrected chi connectivity index (χ1v) is 5.72. The molecule has 1 amide bonds. The molecule has 88 valence electrons. The lowest BCUT2D eigenvalue weighted by Gasteiger charge is -2.07. The van der Waals surface area contributed by atoms with Gasteiger partial charge in [0.2, 0.25) is 0 Å². The zero-order valence-corrected chi connectivity index (χ0v) is 10.4. The van der Waals surface area contributed by atoms with E-state index in [1.54, 1.807) is 6.92 Å². The van der Waals surface area contributed by atoms with Crippen LogP contribution < -0.4 is 5.32 Å². The number of alkyl halides is 1. The second-order valence-electron chi connectivity index (χ2n) is 2.94. The van der Waals surface area contributed by atoms with Crippen LogP contribution in [0.1, 0.15) is 14.7 Å². The highest BCUT2D eigenvalue weighted by Gasteiger charge is 2.17. The van der Waals surface area contributed by atoms with Gasteiger partial charge in [0, 0.05) is 6.54 Å². The van der Waals surface area contributed by atoms with Gasteiger partial charge in [-0.1, -0.05) is 0 Å². The summed E-state index contributed by atoms with van der Waals surface area (Å²) in [7, 11) is 1.24. The Hall–Kier alpha value is -1.14. The number of carbonyl (C=O) groups is 2. The van der Waals surface area contributed by atoms with E-state index in [0.29, 0.717) is 4.88 Å². The molecule has 0 fully saturated rings. The molecule has 0 radical (unpaired) electrons. The fourth-order valence-electron chi connectivity index (χ4n) is 0.947. The van der Waals surface area contributed by atoms with Gasteiger partial charge in [0.25, 0.3) is 5.91 Å². The number of ether oxygens (including phenoxy) is 1. The van der Waals surface area contributed by atoms with Crippen LogP contribution in [0, 0.1) is 6.92 Å². The minimum atomic E-state index is -0.872. The lowest BCUT2D eigenvalue weighted by atomic mass is 10.4. The zero-order valence-electron chi connectivity index (χ0n) is 8.82. The maximum atomic E-state index is 11.5. The molecule has 5 nitrogen and oxygen atoms in total. The molecule has 0 aromatic carbocycles. The van der Waals surface area contributed by atoms with Crippen LogP contribution in [-0.4, -0.2) is 35.9 Å². The molecule has 0 aliphatic heterocycles. The van der Waals surface area contributed by atoms with Gasteiger partial charge in [-0.3, -0.25) is 9.59 Å². The summed E-state index contributed by atoms with van der Waals surface area (Å²) in [4.78, 5) is 26.9. The molecule has 1 N–H and O–H groups in total. The lowest BCUT2D eigenvalue weighted by Crippen LogP contribution is -2.33. The number of hydrogen-bond donors (Lipinski definition) is 1. The van der Waals surface area contributed by atoms with Crippen molar-refractivity contribution in [3.8, 4) is 0 Å². The summed E-state index contributed by atoms with van der Waals surface area (Å²) in [6.07, 6.45) is 1.48. The van der Waals surface area contributed by atoms with Gasteiger partial charge in [-0.05, 0) is 6.92 Å². The SMILES string of the molecule is COC(=O)C(Cl)CNC(=O)c1cnc(C)s1. The van der Waals surface area contributed by atoms with Gasteiger partial charge in [-0.15, -0.1) is 22.9 Å². The first-order valence-electron chi connectivity index (χ1n) is 4.47. The Morgan fingerprint density at radius 1 is 1.69 bits per heavy atom. The Kier molecular flexibility index (Phi) is 4.70. The minimum Gasteiger partial charge on any atom is -0.468 e. The summed E-state index contributed by atoms with van der Waals surface area (Å²) in [5.74, 6) is -0.859. The van der Waals surface area contributed by atoms with Gasteiger partial charge in [0.15, 0.2) is 0 Å². The summed E-state index contributed by atoms with van der Waals surface area (Å²) in [5.41, 5.74) is 0. The van der Waals surface area contributed by atoms with Crippen molar-refractivity contribution >= 4 is 34.8 Å². The van der Waals surface area contributed by atoms with E-state index in [9.17, 15) is 9.59 Å². The van der Waals surface area contributed by atoms with E-state index in [1.807, 2.05) is 0 Å². The molecule has 0 saturated heterocycles. The largest absolute Gasteiger partial charge is 0.468 e. The van der Waals surface area contributed by atoms with E-state index in [1.165, 1.54) is 24.6 Å². The lowest BCUT2D eigenvalue weighted by molar-refractivity contribution is -0.140. The summed E-state index contributed by atoms with van der Waals surface area (Å²) in [6.45, 7) is 1.84. The predicted molar refractivity (Wildman–Crippen MR) is 60.8 cm³/mol.